The molecule has 0 radical (unpaired) electrons. The number of ether oxygens (including phenoxy) is 1. The molecule has 0 aromatic carbocycles. The van der Waals surface area contributed by atoms with Gasteiger partial charge in [-0.15, -0.1) is 11.3 Å². The van der Waals surface area contributed by atoms with Crippen LogP contribution >= 0.6 is 11.3 Å². The molecule has 0 fully saturated rings. The average molecular weight is 236 g/mol. The normalized spacial score (nSPS) is 18.8. The van der Waals surface area contributed by atoms with Gasteiger partial charge in [-0.3, -0.25) is 0 Å². The summed E-state index contributed by atoms with van der Waals surface area (Å²) < 4.78 is 11.1. The van der Waals surface area contributed by atoms with Crippen LogP contribution in [0.25, 0.3) is 0 Å². The highest BCUT2D eigenvalue weighted by Gasteiger charge is 2.26. The summed E-state index contributed by atoms with van der Waals surface area (Å²) in [6.45, 7) is 4.62. The average Bonchev–Trinajstić information content (AvgIpc) is 2.85. The minimum atomic E-state index is -0.00616. The van der Waals surface area contributed by atoms with Gasteiger partial charge in [0.25, 0.3) is 0 Å². The molecule has 16 heavy (non-hydrogen) atoms. The SMILES string of the molecule is Cc1noc(C)c1C1CNc2sccc2O1. The number of rotatable bonds is 1. The standard InChI is InChI=1S/C11H12N2O2S/c1-6-10(7(2)15-13-6)9-5-12-11-8(14-9)3-4-16-11/h3-4,9,12H,5H2,1-2H3. The van der Waals surface area contributed by atoms with E-state index in [-0.39, 0.29) is 6.10 Å². The van der Waals surface area contributed by atoms with Crippen LogP contribution in [0.1, 0.15) is 23.1 Å². The van der Waals surface area contributed by atoms with E-state index in [1.165, 1.54) is 0 Å². The maximum Gasteiger partial charge on any atom is 0.154 e. The molecule has 84 valence electrons. The fourth-order valence-corrected chi connectivity index (χ4v) is 2.74. The third-order valence-corrected chi connectivity index (χ3v) is 3.61. The summed E-state index contributed by atoms with van der Waals surface area (Å²) in [6, 6.07) is 1.98. The zero-order valence-electron chi connectivity index (χ0n) is 9.11. The Hall–Kier alpha value is -1.49. The third-order valence-electron chi connectivity index (χ3n) is 2.76. The predicted octanol–water partition coefficient (Wildman–Crippen LogP) is 2.90. The van der Waals surface area contributed by atoms with Crippen molar-refractivity contribution in [1.29, 1.82) is 0 Å². The Bertz CT molecular complexity index is 498. The first-order valence-corrected chi connectivity index (χ1v) is 6.04. The first kappa shape index (κ1) is 9.72. The molecule has 1 unspecified atom stereocenters. The third kappa shape index (κ3) is 1.39. The summed E-state index contributed by atoms with van der Waals surface area (Å²) in [5, 5.41) is 10.4. The second-order valence-corrected chi connectivity index (χ2v) is 4.76. The number of thiophene rings is 1. The topological polar surface area (TPSA) is 47.3 Å². The molecule has 1 aliphatic rings. The molecule has 1 N–H and O–H groups in total. The van der Waals surface area contributed by atoms with Crippen molar-refractivity contribution in [1.82, 2.24) is 5.16 Å². The molecule has 0 saturated heterocycles. The van der Waals surface area contributed by atoms with Crippen LogP contribution in [0.15, 0.2) is 16.0 Å². The lowest BCUT2D eigenvalue weighted by atomic mass is 10.1. The fraction of sp³-hybridized carbons (Fsp3) is 0.364. The summed E-state index contributed by atoms with van der Waals surface area (Å²) in [6.07, 6.45) is -0.00616. The molecule has 3 heterocycles. The molecule has 1 atom stereocenters. The number of nitrogens with zero attached hydrogens (tertiary/aromatic N) is 1. The molecule has 5 heteroatoms. The van der Waals surface area contributed by atoms with E-state index in [2.05, 4.69) is 10.5 Å². The van der Waals surface area contributed by atoms with Crippen LogP contribution in [-0.2, 0) is 0 Å². The van der Waals surface area contributed by atoms with Crippen molar-refractivity contribution in [3.05, 3.63) is 28.5 Å². The van der Waals surface area contributed by atoms with E-state index in [0.29, 0.717) is 0 Å². The molecule has 2 aromatic rings. The molecule has 2 aromatic heterocycles. The van der Waals surface area contributed by atoms with Gasteiger partial charge in [0.05, 0.1) is 17.8 Å². The van der Waals surface area contributed by atoms with E-state index >= 15 is 0 Å². The molecule has 0 amide bonds. The summed E-state index contributed by atoms with van der Waals surface area (Å²) in [5.74, 6) is 1.75. The smallest absolute Gasteiger partial charge is 0.154 e. The van der Waals surface area contributed by atoms with E-state index in [9.17, 15) is 0 Å². The number of anilines is 1. The van der Waals surface area contributed by atoms with Crippen molar-refractivity contribution in [2.75, 3.05) is 11.9 Å². The summed E-state index contributed by atoms with van der Waals surface area (Å²) >= 11 is 1.66. The quantitative estimate of drug-likeness (QED) is 0.827. The number of hydrogen-bond donors (Lipinski definition) is 1. The molecule has 0 aliphatic carbocycles. The Kier molecular flexibility index (Phi) is 2.14. The largest absolute Gasteiger partial charge is 0.481 e. The van der Waals surface area contributed by atoms with Crippen LogP contribution in [-0.4, -0.2) is 11.7 Å². The number of aromatic nitrogens is 1. The van der Waals surface area contributed by atoms with Gasteiger partial charge in [0.2, 0.25) is 0 Å². The highest BCUT2D eigenvalue weighted by atomic mass is 32.1. The van der Waals surface area contributed by atoms with Crippen molar-refractivity contribution >= 4 is 16.3 Å². The first-order valence-electron chi connectivity index (χ1n) is 5.16. The monoisotopic (exact) mass is 236 g/mol. The zero-order chi connectivity index (χ0) is 11.1. The van der Waals surface area contributed by atoms with Crippen molar-refractivity contribution in [3.63, 3.8) is 0 Å². The summed E-state index contributed by atoms with van der Waals surface area (Å²) in [5.41, 5.74) is 1.97. The van der Waals surface area contributed by atoms with Crippen LogP contribution in [0.3, 0.4) is 0 Å². The van der Waals surface area contributed by atoms with Crippen molar-refractivity contribution in [2.45, 2.75) is 20.0 Å². The number of hydrogen-bond acceptors (Lipinski definition) is 5. The molecule has 4 nitrogen and oxygen atoms in total. The second kappa shape index (κ2) is 3.52. The van der Waals surface area contributed by atoms with E-state index < -0.39 is 0 Å². The van der Waals surface area contributed by atoms with E-state index in [1.807, 2.05) is 25.3 Å². The fourth-order valence-electron chi connectivity index (χ4n) is 2.01. The Labute approximate surface area is 97.2 Å². The Morgan fingerprint density at radius 1 is 1.50 bits per heavy atom. The molecule has 1 aliphatic heterocycles. The lowest BCUT2D eigenvalue weighted by molar-refractivity contribution is 0.209. The van der Waals surface area contributed by atoms with E-state index in [0.717, 1.165) is 34.3 Å². The lowest BCUT2D eigenvalue weighted by Crippen LogP contribution is -2.23. The molecule has 3 rings (SSSR count). The summed E-state index contributed by atoms with van der Waals surface area (Å²) in [4.78, 5) is 0. The minimum Gasteiger partial charge on any atom is -0.481 e. The van der Waals surface area contributed by atoms with Gasteiger partial charge < -0.3 is 14.6 Å². The zero-order valence-corrected chi connectivity index (χ0v) is 9.93. The van der Waals surface area contributed by atoms with Gasteiger partial charge in [0.15, 0.2) is 5.75 Å². The Balaban J connectivity index is 1.94. The number of fused-ring (bicyclic) bond motifs is 1. The Morgan fingerprint density at radius 2 is 2.38 bits per heavy atom. The van der Waals surface area contributed by atoms with Crippen molar-refractivity contribution in [3.8, 4) is 5.75 Å². The van der Waals surface area contributed by atoms with Gasteiger partial charge >= 0.3 is 0 Å². The predicted molar refractivity (Wildman–Crippen MR) is 62.2 cm³/mol. The van der Waals surface area contributed by atoms with Gasteiger partial charge in [-0.1, -0.05) is 5.16 Å². The maximum atomic E-state index is 5.93. The van der Waals surface area contributed by atoms with E-state index in [1.54, 1.807) is 11.3 Å². The van der Waals surface area contributed by atoms with Crippen LogP contribution in [0, 0.1) is 13.8 Å². The molecular formula is C11H12N2O2S. The highest BCUT2D eigenvalue weighted by molar-refractivity contribution is 7.14. The van der Waals surface area contributed by atoms with Gasteiger partial charge in [0, 0.05) is 0 Å². The molecular weight excluding hydrogens is 224 g/mol. The van der Waals surface area contributed by atoms with E-state index in [4.69, 9.17) is 9.26 Å². The lowest BCUT2D eigenvalue weighted by Gasteiger charge is -2.24. The van der Waals surface area contributed by atoms with Gasteiger partial charge in [-0.05, 0) is 25.3 Å². The van der Waals surface area contributed by atoms with Crippen molar-refractivity contribution < 1.29 is 9.26 Å². The van der Waals surface area contributed by atoms with Gasteiger partial charge in [-0.2, -0.15) is 0 Å². The molecule has 0 spiro atoms. The molecule has 0 saturated carbocycles. The first-order chi connectivity index (χ1) is 7.75. The van der Waals surface area contributed by atoms with Crippen LogP contribution in [0.4, 0.5) is 5.00 Å². The Morgan fingerprint density at radius 3 is 3.12 bits per heavy atom. The maximum absolute atomic E-state index is 5.93. The number of nitrogens with one attached hydrogen (secondary N) is 1. The number of aryl methyl sites for hydroxylation is 2. The minimum absolute atomic E-state index is 0.00616. The highest BCUT2D eigenvalue weighted by Crippen LogP contribution is 2.39. The van der Waals surface area contributed by atoms with Gasteiger partial charge in [-0.25, -0.2) is 0 Å². The van der Waals surface area contributed by atoms with Gasteiger partial charge in [0.1, 0.15) is 16.9 Å². The second-order valence-electron chi connectivity index (χ2n) is 3.84. The van der Waals surface area contributed by atoms with Crippen molar-refractivity contribution in [2.24, 2.45) is 0 Å². The molecule has 0 bridgehead atoms. The van der Waals surface area contributed by atoms with Crippen LogP contribution < -0.4 is 10.1 Å². The summed E-state index contributed by atoms with van der Waals surface area (Å²) in [7, 11) is 0. The van der Waals surface area contributed by atoms with Crippen LogP contribution in [0.5, 0.6) is 5.75 Å². The van der Waals surface area contributed by atoms with Crippen LogP contribution in [0.2, 0.25) is 0 Å².